The maximum atomic E-state index is 14.5. The fraction of sp³-hybridized carbons (Fsp3) is 0.543. The van der Waals surface area contributed by atoms with Crippen LogP contribution in [0.4, 0.5) is 15.9 Å². The summed E-state index contributed by atoms with van der Waals surface area (Å²) < 4.78 is 16.7. The van der Waals surface area contributed by atoms with Gasteiger partial charge in [0, 0.05) is 44.8 Å². The molecule has 1 aromatic heterocycles. The number of pyridine rings is 1. The van der Waals surface area contributed by atoms with Gasteiger partial charge in [0.1, 0.15) is 27.6 Å². The number of carbonyl (C=O) groups excluding carboxylic acids is 1. The summed E-state index contributed by atoms with van der Waals surface area (Å²) in [6.45, 7) is 9.11. The Hall–Kier alpha value is -3.16. The number of halogens is 1. The number of carbonyl (C=O) groups is 1. The summed E-state index contributed by atoms with van der Waals surface area (Å²) in [5.41, 5.74) is 1.55. The summed E-state index contributed by atoms with van der Waals surface area (Å²) in [7, 11) is 0. The van der Waals surface area contributed by atoms with Crippen LogP contribution < -0.4 is 15.4 Å². The second-order valence-corrected chi connectivity index (χ2v) is 13.5. The van der Waals surface area contributed by atoms with Gasteiger partial charge in [-0.15, -0.1) is 0 Å². The van der Waals surface area contributed by atoms with E-state index >= 15 is 0 Å². The predicted octanol–water partition coefficient (Wildman–Crippen LogP) is 7.64. The number of hydrogen-bond donors (Lipinski definition) is 0. The molecule has 2 aliphatic rings. The zero-order valence-electron chi connectivity index (χ0n) is 26.9. The van der Waals surface area contributed by atoms with Crippen LogP contribution in [0.5, 0.6) is 0 Å². The van der Waals surface area contributed by atoms with Crippen LogP contribution in [0.25, 0.3) is 6.08 Å². The van der Waals surface area contributed by atoms with E-state index in [1.54, 1.807) is 28.5 Å². The van der Waals surface area contributed by atoms with Gasteiger partial charge in [-0.2, -0.15) is 5.26 Å². The molecule has 2 fully saturated rings. The lowest BCUT2D eigenvalue weighted by molar-refractivity contribution is -0.122. The zero-order valence-corrected chi connectivity index (χ0v) is 28.6. The molecule has 4 rings (SSSR count). The topological polar surface area (TPSA) is 72.6 Å². The number of anilines is 2. The molecule has 242 valence electrons. The zero-order chi connectivity index (χ0) is 32.3. The lowest BCUT2D eigenvalue weighted by atomic mass is 10.0. The van der Waals surface area contributed by atoms with Crippen molar-refractivity contribution >= 4 is 51.8 Å². The molecular weight excluding hydrogens is 606 g/mol. The predicted molar refractivity (Wildman–Crippen MR) is 188 cm³/mol. The SMILES string of the molecule is CCCCCCCCCCCCN1C(=O)C(=Cc2c(C)c(C#N)c(=O)n(CC)c2N2CCN(c3ccccc3F)CC2)SC1=S. The molecule has 0 unspecified atom stereocenters. The third kappa shape index (κ3) is 8.36. The Morgan fingerprint density at radius 1 is 0.933 bits per heavy atom. The molecule has 3 heterocycles. The summed E-state index contributed by atoms with van der Waals surface area (Å²) in [5, 5.41) is 9.91. The molecule has 7 nitrogen and oxygen atoms in total. The number of thiocarbonyl (C=S) groups is 1. The summed E-state index contributed by atoms with van der Waals surface area (Å²) in [5.74, 6) is 0.307. The first-order valence-corrected chi connectivity index (χ1v) is 17.7. The van der Waals surface area contributed by atoms with Crippen LogP contribution in [0.1, 0.15) is 94.7 Å². The van der Waals surface area contributed by atoms with Crippen molar-refractivity contribution in [3.8, 4) is 6.07 Å². The van der Waals surface area contributed by atoms with E-state index < -0.39 is 0 Å². The van der Waals surface area contributed by atoms with Gasteiger partial charge in [0.05, 0.1) is 10.6 Å². The molecule has 2 saturated heterocycles. The summed E-state index contributed by atoms with van der Waals surface area (Å²) >= 11 is 6.92. The molecule has 0 saturated carbocycles. The highest BCUT2D eigenvalue weighted by molar-refractivity contribution is 8.26. The number of nitrogens with zero attached hydrogens (tertiary/aromatic N) is 5. The number of piperazine rings is 1. The first-order chi connectivity index (χ1) is 21.8. The second kappa shape index (κ2) is 17.0. The molecule has 0 N–H and O–H groups in total. The molecule has 0 spiro atoms. The van der Waals surface area contributed by atoms with Crippen molar-refractivity contribution in [1.82, 2.24) is 9.47 Å². The molecule has 0 radical (unpaired) electrons. The van der Waals surface area contributed by atoms with E-state index in [-0.39, 0.29) is 22.8 Å². The van der Waals surface area contributed by atoms with Crippen LogP contribution in [-0.4, -0.2) is 52.4 Å². The molecule has 2 aromatic rings. The summed E-state index contributed by atoms with van der Waals surface area (Å²) in [4.78, 5) is 33.3. The monoisotopic (exact) mass is 651 g/mol. The number of rotatable bonds is 15. The molecular formula is C35H46FN5O2S2. The third-order valence-corrected chi connectivity index (χ3v) is 10.2. The van der Waals surface area contributed by atoms with Gasteiger partial charge in [0.15, 0.2) is 0 Å². The van der Waals surface area contributed by atoms with Crippen LogP contribution in [0.3, 0.4) is 0 Å². The standard InChI is InChI=1S/C35H46FN5O2S2/c1-4-6-7-8-9-10-11-12-13-16-19-41-34(43)31(45-35(41)44)24-27-26(3)28(25-37)33(42)40(5-2)32(27)39-22-20-38(21-23-39)30-18-15-14-17-29(30)36/h14-15,17-18,24H,4-13,16,19-23H2,1-3H3. The maximum Gasteiger partial charge on any atom is 0.270 e. The van der Waals surface area contributed by atoms with Crippen molar-refractivity contribution in [2.75, 3.05) is 42.5 Å². The minimum atomic E-state index is -0.338. The Morgan fingerprint density at radius 2 is 1.53 bits per heavy atom. The quantitative estimate of drug-likeness (QED) is 0.111. The molecule has 0 bridgehead atoms. The molecule has 10 heteroatoms. The van der Waals surface area contributed by atoms with Crippen molar-refractivity contribution in [3.63, 3.8) is 0 Å². The Balaban J connectivity index is 1.49. The van der Waals surface area contributed by atoms with Crippen LogP contribution in [0.15, 0.2) is 34.0 Å². The van der Waals surface area contributed by atoms with E-state index in [0.717, 1.165) is 12.8 Å². The fourth-order valence-electron chi connectivity index (χ4n) is 6.23. The van der Waals surface area contributed by atoms with Crippen LogP contribution in [-0.2, 0) is 11.3 Å². The van der Waals surface area contributed by atoms with Crippen molar-refractivity contribution < 1.29 is 9.18 Å². The first kappa shape index (κ1) is 34.7. The number of benzene rings is 1. The molecule has 45 heavy (non-hydrogen) atoms. The highest BCUT2D eigenvalue weighted by Gasteiger charge is 2.33. The van der Waals surface area contributed by atoms with Crippen molar-refractivity contribution in [1.29, 1.82) is 5.26 Å². The minimum absolute atomic E-state index is 0.0812. The van der Waals surface area contributed by atoms with E-state index in [0.29, 0.717) is 71.1 Å². The van der Waals surface area contributed by atoms with Gasteiger partial charge in [-0.1, -0.05) is 101 Å². The van der Waals surface area contributed by atoms with Gasteiger partial charge in [-0.3, -0.25) is 19.1 Å². The van der Waals surface area contributed by atoms with Gasteiger partial charge in [0.25, 0.3) is 11.5 Å². The number of aromatic nitrogens is 1. The largest absolute Gasteiger partial charge is 0.366 e. The number of nitriles is 1. The number of hydrogen-bond acceptors (Lipinski definition) is 7. The molecule has 2 aliphatic heterocycles. The Kier molecular flexibility index (Phi) is 13.1. The van der Waals surface area contributed by atoms with E-state index in [9.17, 15) is 19.2 Å². The van der Waals surface area contributed by atoms with E-state index in [2.05, 4.69) is 17.9 Å². The van der Waals surface area contributed by atoms with Gasteiger partial charge in [0.2, 0.25) is 0 Å². The maximum absolute atomic E-state index is 14.5. The fourth-order valence-corrected chi connectivity index (χ4v) is 7.52. The van der Waals surface area contributed by atoms with E-state index in [1.807, 2.05) is 24.0 Å². The Morgan fingerprint density at radius 3 is 2.13 bits per heavy atom. The lowest BCUT2D eigenvalue weighted by Crippen LogP contribution is -2.49. The third-order valence-electron chi connectivity index (χ3n) is 8.82. The Bertz CT molecular complexity index is 1490. The first-order valence-electron chi connectivity index (χ1n) is 16.5. The van der Waals surface area contributed by atoms with E-state index in [4.69, 9.17) is 12.2 Å². The van der Waals surface area contributed by atoms with Crippen molar-refractivity contribution in [3.05, 3.63) is 62.0 Å². The molecule has 1 aromatic carbocycles. The minimum Gasteiger partial charge on any atom is -0.366 e. The highest BCUT2D eigenvalue weighted by Crippen LogP contribution is 2.36. The molecule has 1 amide bonds. The second-order valence-electron chi connectivity index (χ2n) is 11.8. The molecule has 0 aliphatic carbocycles. The van der Waals surface area contributed by atoms with Gasteiger partial charge in [-0.05, 0) is 44.0 Å². The van der Waals surface area contributed by atoms with E-state index in [1.165, 1.54) is 69.2 Å². The van der Waals surface area contributed by atoms with Gasteiger partial charge in [-0.25, -0.2) is 4.39 Å². The Labute approximate surface area is 277 Å². The number of thioether (sulfide) groups is 1. The van der Waals surface area contributed by atoms with Crippen molar-refractivity contribution in [2.24, 2.45) is 0 Å². The van der Waals surface area contributed by atoms with Crippen LogP contribution in [0.2, 0.25) is 0 Å². The van der Waals surface area contributed by atoms with Crippen molar-refractivity contribution in [2.45, 2.75) is 91.5 Å². The smallest absolute Gasteiger partial charge is 0.270 e. The summed E-state index contributed by atoms with van der Waals surface area (Å²) in [6.07, 6.45) is 14.0. The average molecular weight is 652 g/mol. The highest BCUT2D eigenvalue weighted by atomic mass is 32.2. The van der Waals surface area contributed by atoms with Gasteiger partial charge < -0.3 is 9.80 Å². The van der Waals surface area contributed by atoms with Crippen LogP contribution in [0, 0.1) is 24.1 Å². The number of amides is 1. The van der Waals surface area contributed by atoms with Gasteiger partial charge >= 0.3 is 0 Å². The number of para-hydroxylation sites is 1. The molecule has 0 atom stereocenters. The normalized spacial score (nSPS) is 16.2. The average Bonchev–Trinajstić information content (AvgIpc) is 3.31. The van der Waals surface area contributed by atoms with Crippen LogP contribution >= 0.6 is 24.0 Å². The lowest BCUT2D eigenvalue weighted by Gasteiger charge is -2.39. The summed E-state index contributed by atoms with van der Waals surface area (Å²) in [6, 6.07) is 8.85. The number of unbranched alkanes of at least 4 members (excludes halogenated alkanes) is 9.